The fourth-order valence-corrected chi connectivity index (χ4v) is 1.80. The summed E-state index contributed by atoms with van der Waals surface area (Å²) in [5.74, 6) is 0.346. The third-order valence-electron chi connectivity index (χ3n) is 3.11. The molecule has 0 aliphatic carbocycles. The minimum Gasteiger partial charge on any atom is -0.468 e. The van der Waals surface area contributed by atoms with E-state index in [1.165, 1.54) is 7.11 Å². The molecule has 1 saturated heterocycles. The number of H-pyrrole nitrogens is 1. The lowest BCUT2D eigenvalue weighted by Crippen LogP contribution is -2.54. The Balaban J connectivity index is 2.33. The van der Waals surface area contributed by atoms with Crippen LogP contribution in [-0.2, 0) is 25.1 Å². The van der Waals surface area contributed by atoms with E-state index in [1.807, 2.05) is 0 Å². The monoisotopic (exact) mass is 238 g/mol. The van der Waals surface area contributed by atoms with Gasteiger partial charge in [-0.25, -0.2) is 4.98 Å². The Morgan fingerprint density at radius 1 is 1.53 bits per heavy atom. The maximum Gasteiger partial charge on any atom is 0.324 e. The van der Waals surface area contributed by atoms with Crippen molar-refractivity contribution in [3.63, 3.8) is 0 Å². The molecule has 5 nitrogen and oxygen atoms in total. The van der Waals surface area contributed by atoms with Crippen molar-refractivity contribution in [3.8, 4) is 0 Å². The number of carbonyl (C=O) groups excluding carboxylic acids is 1. The van der Waals surface area contributed by atoms with Crippen molar-refractivity contribution in [3.05, 3.63) is 17.7 Å². The van der Waals surface area contributed by atoms with Crippen molar-refractivity contribution < 1.29 is 14.3 Å². The highest BCUT2D eigenvalue weighted by Gasteiger charge is 2.51. The Bertz CT molecular complexity index is 427. The topological polar surface area (TPSA) is 64.2 Å². The van der Waals surface area contributed by atoms with Gasteiger partial charge < -0.3 is 14.5 Å². The number of hydrogen-bond donors (Lipinski definition) is 1. The largest absolute Gasteiger partial charge is 0.468 e. The van der Waals surface area contributed by atoms with Crippen LogP contribution in [0.3, 0.4) is 0 Å². The van der Waals surface area contributed by atoms with Crippen molar-refractivity contribution >= 4 is 5.97 Å². The van der Waals surface area contributed by atoms with Crippen molar-refractivity contribution in [2.45, 2.75) is 31.6 Å². The highest BCUT2D eigenvalue weighted by atomic mass is 16.5. The second-order valence-corrected chi connectivity index (χ2v) is 5.46. The molecule has 0 atom stereocenters. The molecule has 1 fully saturated rings. The molecule has 0 spiro atoms. The number of ether oxygens (including phenoxy) is 2. The predicted molar refractivity (Wildman–Crippen MR) is 61.8 cm³/mol. The number of rotatable bonds is 2. The normalized spacial score (nSPS) is 18.6. The molecule has 0 saturated carbocycles. The smallest absolute Gasteiger partial charge is 0.324 e. The third-order valence-corrected chi connectivity index (χ3v) is 3.11. The lowest BCUT2D eigenvalue weighted by atomic mass is 9.85. The summed E-state index contributed by atoms with van der Waals surface area (Å²) in [6, 6.07) is 0. The number of aromatic amines is 1. The first-order valence-corrected chi connectivity index (χ1v) is 5.62. The van der Waals surface area contributed by atoms with E-state index >= 15 is 0 Å². The molecular formula is C12H18N2O3. The fourth-order valence-electron chi connectivity index (χ4n) is 1.80. The second-order valence-electron chi connectivity index (χ2n) is 5.46. The number of esters is 1. The van der Waals surface area contributed by atoms with E-state index in [2.05, 4.69) is 30.7 Å². The Kier molecular flexibility index (Phi) is 2.73. The predicted octanol–water partition coefficient (Wildman–Crippen LogP) is 1.15. The molecule has 1 aliphatic rings. The number of imidazole rings is 1. The number of hydrogen-bond acceptors (Lipinski definition) is 4. The molecule has 1 N–H and O–H groups in total. The van der Waals surface area contributed by atoms with Gasteiger partial charge in [-0.1, -0.05) is 20.8 Å². The van der Waals surface area contributed by atoms with Gasteiger partial charge in [-0.05, 0) is 0 Å². The van der Waals surface area contributed by atoms with Gasteiger partial charge in [0.25, 0.3) is 0 Å². The van der Waals surface area contributed by atoms with Gasteiger partial charge in [-0.15, -0.1) is 0 Å². The third kappa shape index (κ3) is 1.84. The molecule has 1 aliphatic heterocycles. The minimum atomic E-state index is -0.738. The summed E-state index contributed by atoms with van der Waals surface area (Å²) in [5, 5.41) is 0. The highest BCUT2D eigenvalue weighted by Crippen LogP contribution is 2.33. The van der Waals surface area contributed by atoms with Crippen LogP contribution in [0.5, 0.6) is 0 Å². The minimum absolute atomic E-state index is 0.0207. The molecule has 2 rings (SSSR count). The summed E-state index contributed by atoms with van der Waals surface area (Å²) in [5.41, 5.74) is 0.244. The first kappa shape index (κ1) is 12.1. The van der Waals surface area contributed by atoms with Crippen LogP contribution in [0.4, 0.5) is 0 Å². The quantitative estimate of drug-likeness (QED) is 0.785. The Hall–Kier alpha value is -1.36. The number of nitrogens with one attached hydrogen (secondary N) is 1. The first-order valence-electron chi connectivity index (χ1n) is 5.62. The zero-order valence-corrected chi connectivity index (χ0v) is 10.7. The van der Waals surface area contributed by atoms with E-state index in [1.54, 1.807) is 6.20 Å². The average molecular weight is 238 g/mol. The molecule has 94 valence electrons. The van der Waals surface area contributed by atoms with Gasteiger partial charge >= 0.3 is 5.97 Å². The van der Waals surface area contributed by atoms with Crippen molar-refractivity contribution in [1.82, 2.24) is 9.97 Å². The SMILES string of the molecule is COC(=O)C1(c2ncc(C(C)(C)C)[nH]2)COC1. The van der Waals surface area contributed by atoms with Crippen LogP contribution in [0, 0.1) is 0 Å². The maximum atomic E-state index is 11.8. The standard InChI is InChI=1S/C12H18N2O3/c1-11(2,3)8-5-13-9(14-8)12(6-17-7-12)10(15)16-4/h5H,6-7H2,1-4H3,(H,13,14). The van der Waals surface area contributed by atoms with Crippen LogP contribution in [0.1, 0.15) is 32.3 Å². The Morgan fingerprint density at radius 3 is 2.53 bits per heavy atom. The molecule has 5 heteroatoms. The Labute approximate surface area is 101 Å². The summed E-state index contributed by atoms with van der Waals surface area (Å²) in [4.78, 5) is 19.3. The summed E-state index contributed by atoms with van der Waals surface area (Å²) < 4.78 is 9.98. The van der Waals surface area contributed by atoms with Gasteiger partial charge in [0.1, 0.15) is 5.82 Å². The van der Waals surface area contributed by atoms with Gasteiger partial charge in [-0.2, -0.15) is 0 Å². The second kappa shape index (κ2) is 3.84. The lowest BCUT2D eigenvalue weighted by molar-refractivity contribution is -0.167. The summed E-state index contributed by atoms with van der Waals surface area (Å²) in [6.07, 6.45) is 1.78. The molecule has 0 bridgehead atoms. The van der Waals surface area contributed by atoms with Crippen molar-refractivity contribution in [2.24, 2.45) is 0 Å². The van der Waals surface area contributed by atoms with Gasteiger partial charge in [0.15, 0.2) is 5.41 Å². The van der Waals surface area contributed by atoms with Crippen LogP contribution in [0.15, 0.2) is 6.20 Å². The van der Waals surface area contributed by atoms with Gasteiger partial charge in [0.2, 0.25) is 0 Å². The van der Waals surface area contributed by atoms with Crippen molar-refractivity contribution in [1.29, 1.82) is 0 Å². The van der Waals surface area contributed by atoms with Crippen LogP contribution >= 0.6 is 0 Å². The summed E-state index contributed by atoms with van der Waals surface area (Å²) in [6.45, 7) is 6.93. The molecule has 2 heterocycles. The van der Waals surface area contributed by atoms with Crippen LogP contribution in [-0.4, -0.2) is 36.3 Å². The van der Waals surface area contributed by atoms with Crippen molar-refractivity contribution in [2.75, 3.05) is 20.3 Å². The average Bonchev–Trinajstić information content (AvgIpc) is 2.64. The molecular weight excluding hydrogens is 220 g/mol. The zero-order chi connectivity index (χ0) is 12.7. The van der Waals surface area contributed by atoms with E-state index in [9.17, 15) is 4.79 Å². The number of nitrogens with zero attached hydrogens (tertiary/aromatic N) is 1. The van der Waals surface area contributed by atoms with Gasteiger partial charge in [0, 0.05) is 17.3 Å². The Morgan fingerprint density at radius 2 is 2.18 bits per heavy atom. The van der Waals surface area contributed by atoms with Crippen LogP contribution in [0.2, 0.25) is 0 Å². The number of methoxy groups -OCH3 is 1. The highest BCUT2D eigenvalue weighted by molar-refractivity contribution is 5.83. The molecule has 17 heavy (non-hydrogen) atoms. The molecule has 0 unspecified atom stereocenters. The van der Waals surface area contributed by atoms with Gasteiger partial charge in [-0.3, -0.25) is 4.79 Å². The summed E-state index contributed by atoms with van der Waals surface area (Å²) in [7, 11) is 1.38. The van der Waals surface area contributed by atoms with E-state index < -0.39 is 5.41 Å². The van der Waals surface area contributed by atoms with Crippen LogP contribution in [0.25, 0.3) is 0 Å². The van der Waals surface area contributed by atoms with Crippen LogP contribution < -0.4 is 0 Å². The summed E-state index contributed by atoms with van der Waals surface area (Å²) >= 11 is 0. The van der Waals surface area contributed by atoms with E-state index in [-0.39, 0.29) is 11.4 Å². The molecule has 0 amide bonds. The lowest BCUT2D eigenvalue weighted by Gasteiger charge is -2.36. The molecule has 1 aromatic heterocycles. The maximum absolute atomic E-state index is 11.8. The molecule has 0 aromatic carbocycles. The van der Waals surface area contributed by atoms with Gasteiger partial charge in [0.05, 0.1) is 20.3 Å². The zero-order valence-electron chi connectivity index (χ0n) is 10.7. The van der Waals surface area contributed by atoms with E-state index in [4.69, 9.17) is 9.47 Å². The number of aromatic nitrogens is 2. The molecule has 0 radical (unpaired) electrons. The fraction of sp³-hybridized carbons (Fsp3) is 0.667. The number of carbonyl (C=O) groups is 1. The first-order chi connectivity index (χ1) is 7.90. The van der Waals surface area contributed by atoms with E-state index in [0.29, 0.717) is 19.0 Å². The van der Waals surface area contributed by atoms with E-state index in [0.717, 1.165) is 5.69 Å². The molecule has 1 aromatic rings.